The number of rotatable bonds is 8. The Kier molecular flexibility index (Phi) is 6.69. The summed E-state index contributed by atoms with van der Waals surface area (Å²) >= 11 is 0.953. The van der Waals surface area contributed by atoms with E-state index in [0.29, 0.717) is 16.8 Å². The Balaban J connectivity index is 1.61. The van der Waals surface area contributed by atoms with Gasteiger partial charge in [0, 0.05) is 5.39 Å². The number of aryl methyl sites for hydroxylation is 2. The Labute approximate surface area is 222 Å². The number of anilines is 1. The summed E-state index contributed by atoms with van der Waals surface area (Å²) in [5, 5.41) is 11.9. The molecule has 8 nitrogen and oxygen atoms in total. The van der Waals surface area contributed by atoms with Crippen molar-refractivity contribution in [2.45, 2.75) is 26.3 Å². The summed E-state index contributed by atoms with van der Waals surface area (Å²) < 4.78 is 10.9. The predicted octanol–water partition coefficient (Wildman–Crippen LogP) is 5.89. The van der Waals surface area contributed by atoms with Crippen LogP contribution in [0.15, 0.2) is 83.0 Å². The number of thiazole rings is 1. The molecule has 1 N–H and O–H groups in total. The van der Waals surface area contributed by atoms with E-state index in [0.717, 1.165) is 28.7 Å². The number of carbonyl (C=O) groups is 3. The lowest BCUT2D eigenvalue weighted by molar-refractivity contribution is -0.117. The SMILES string of the molecule is C=CCOC(=O)c1sc(N2C(=O)C(O)=C(C(=O)c3cc4ccccc4o3)C2c2ccc(CC)cc2)nc1C. The van der Waals surface area contributed by atoms with Gasteiger partial charge in [-0.05, 0) is 36.6 Å². The van der Waals surface area contributed by atoms with Crippen LogP contribution in [-0.2, 0) is 16.0 Å². The fraction of sp³-hybridized carbons (Fsp3) is 0.172. The Morgan fingerprint density at radius 2 is 1.95 bits per heavy atom. The van der Waals surface area contributed by atoms with E-state index in [9.17, 15) is 19.5 Å². The second-order valence-corrected chi connectivity index (χ2v) is 9.69. The minimum Gasteiger partial charge on any atom is -0.503 e. The van der Waals surface area contributed by atoms with Crippen molar-refractivity contribution in [1.29, 1.82) is 0 Å². The van der Waals surface area contributed by atoms with E-state index in [1.54, 1.807) is 25.1 Å². The monoisotopic (exact) mass is 528 g/mol. The number of furan rings is 1. The van der Waals surface area contributed by atoms with Crippen LogP contribution >= 0.6 is 11.3 Å². The van der Waals surface area contributed by atoms with Gasteiger partial charge in [-0.15, -0.1) is 0 Å². The fourth-order valence-electron chi connectivity index (χ4n) is 4.39. The second kappa shape index (κ2) is 10.1. The van der Waals surface area contributed by atoms with Crippen LogP contribution in [0.4, 0.5) is 5.13 Å². The largest absolute Gasteiger partial charge is 0.503 e. The first-order valence-electron chi connectivity index (χ1n) is 12.0. The van der Waals surface area contributed by atoms with E-state index in [1.165, 1.54) is 11.0 Å². The Bertz CT molecular complexity index is 1580. The molecule has 38 heavy (non-hydrogen) atoms. The number of benzene rings is 2. The summed E-state index contributed by atoms with van der Waals surface area (Å²) in [5.74, 6) is -2.70. The maximum Gasteiger partial charge on any atom is 0.350 e. The van der Waals surface area contributed by atoms with Crippen LogP contribution in [-0.4, -0.2) is 34.4 Å². The van der Waals surface area contributed by atoms with E-state index < -0.39 is 29.5 Å². The van der Waals surface area contributed by atoms with Gasteiger partial charge in [-0.1, -0.05) is 73.4 Å². The summed E-state index contributed by atoms with van der Waals surface area (Å²) in [6.07, 6.45) is 2.26. The van der Waals surface area contributed by atoms with Gasteiger partial charge in [-0.2, -0.15) is 0 Å². The van der Waals surface area contributed by atoms with Gasteiger partial charge in [0.05, 0.1) is 17.3 Å². The maximum atomic E-state index is 13.8. The highest BCUT2D eigenvalue weighted by atomic mass is 32.1. The van der Waals surface area contributed by atoms with E-state index in [1.807, 2.05) is 43.3 Å². The number of ether oxygens (including phenoxy) is 1. The first kappa shape index (κ1) is 25.2. The molecule has 0 spiro atoms. The Hall–Kier alpha value is -4.50. The van der Waals surface area contributed by atoms with Crippen molar-refractivity contribution in [2.75, 3.05) is 11.5 Å². The van der Waals surface area contributed by atoms with Gasteiger partial charge in [-0.25, -0.2) is 9.78 Å². The smallest absolute Gasteiger partial charge is 0.350 e. The predicted molar refractivity (Wildman–Crippen MR) is 144 cm³/mol. The minimum absolute atomic E-state index is 0.00147. The molecular formula is C29H24N2O6S. The normalized spacial score (nSPS) is 15.4. The maximum absolute atomic E-state index is 13.8. The molecule has 9 heteroatoms. The van der Waals surface area contributed by atoms with E-state index >= 15 is 0 Å². The zero-order valence-electron chi connectivity index (χ0n) is 20.8. The van der Waals surface area contributed by atoms with Crippen molar-refractivity contribution in [3.05, 3.63) is 106 Å². The molecule has 192 valence electrons. The fourth-order valence-corrected chi connectivity index (χ4v) is 5.37. The lowest BCUT2D eigenvalue weighted by Crippen LogP contribution is -2.31. The summed E-state index contributed by atoms with van der Waals surface area (Å²) in [6.45, 7) is 7.22. The number of aliphatic hydroxyl groups is 1. The molecule has 2 aromatic carbocycles. The summed E-state index contributed by atoms with van der Waals surface area (Å²) in [5.41, 5.74) is 2.42. The summed E-state index contributed by atoms with van der Waals surface area (Å²) in [4.78, 5) is 45.7. The molecule has 1 atom stereocenters. The zero-order chi connectivity index (χ0) is 27.0. The van der Waals surface area contributed by atoms with E-state index in [4.69, 9.17) is 9.15 Å². The number of ketones is 1. The molecule has 2 aromatic heterocycles. The number of para-hydroxylation sites is 1. The molecule has 3 heterocycles. The van der Waals surface area contributed by atoms with Crippen LogP contribution in [0.5, 0.6) is 0 Å². The average Bonchev–Trinajstić information content (AvgIpc) is 3.61. The van der Waals surface area contributed by atoms with Crippen molar-refractivity contribution >= 4 is 45.1 Å². The quantitative estimate of drug-likeness (QED) is 0.173. The molecule has 5 rings (SSSR count). The number of aromatic nitrogens is 1. The van der Waals surface area contributed by atoms with Crippen molar-refractivity contribution in [3.63, 3.8) is 0 Å². The van der Waals surface area contributed by atoms with Crippen LogP contribution < -0.4 is 4.90 Å². The number of carbonyl (C=O) groups excluding carboxylic acids is 3. The Morgan fingerprint density at radius 1 is 1.21 bits per heavy atom. The van der Waals surface area contributed by atoms with Crippen LogP contribution in [0.2, 0.25) is 0 Å². The van der Waals surface area contributed by atoms with Gasteiger partial charge >= 0.3 is 5.97 Å². The first-order chi connectivity index (χ1) is 18.3. The third-order valence-corrected chi connectivity index (χ3v) is 7.45. The molecule has 1 unspecified atom stereocenters. The molecular weight excluding hydrogens is 504 g/mol. The summed E-state index contributed by atoms with van der Waals surface area (Å²) in [7, 11) is 0. The van der Waals surface area contributed by atoms with Crippen molar-refractivity contribution < 1.29 is 28.6 Å². The molecule has 0 aliphatic carbocycles. The number of hydrogen-bond donors (Lipinski definition) is 1. The third kappa shape index (κ3) is 4.31. The Morgan fingerprint density at radius 3 is 2.63 bits per heavy atom. The number of fused-ring (bicyclic) bond motifs is 1. The average molecular weight is 529 g/mol. The van der Waals surface area contributed by atoms with Gasteiger partial charge in [-0.3, -0.25) is 14.5 Å². The number of amides is 1. The highest BCUT2D eigenvalue weighted by Gasteiger charge is 2.47. The van der Waals surface area contributed by atoms with E-state index in [-0.39, 0.29) is 27.9 Å². The zero-order valence-corrected chi connectivity index (χ0v) is 21.6. The van der Waals surface area contributed by atoms with E-state index in [2.05, 4.69) is 11.6 Å². The van der Waals surface area contributed by atoms with Gasteiger partial charge in [0.25, 0.3) is 5.91 Å². The summed E-state index contributed by atoms with van der Waals surface area (Å²) in [6, 6.07) is 15.2. The van der Waals surface area contributed by atoms with Crippen LogP contribution in [0.3, 0.4) is 0 Å². The minimum atomic E-state index is -0.989. The molecule has 1 aliphatic heterocycles. The van der Waals surface area contributed by atoms with Crippen molar-refractivity contribution in [1.82, 2.24) is 4.98 Å². The van der Waals surface area contributed by atoms with Gasteiger partial charge in [0.1, 0.15) is 17.1 Å². The van der Waals surface area contributed by atoms with Gasteiger partial charge < -0.3 is 14.3 Å². The van der Waals surface area contributed by atoms with Crippen LogP contribution in [0, 0.1) is 6.92 Å². The van der Waals surface area contributed by atoms with Crippen LogP contribution in [0.25, 0.3) is 11.0 Å². The topological polar surface area (TPSA) is 110 Å². The lowest BCUT2D eigenvalue weighted by Gasteiger charge is -2.24. The molecule has 0 saturated carbocycles. The van der Waals surface area contributed by atoms with Gasteiger partial charge in [0.2, 0.25) is 5.78 Å². The number of Topliss-reactive ketones (excluding diaryl/α,β-unsaturated/α-hetero) is 1. The molecule has 1 amide bonds. The molecule has 0 radical (unpaired) electrons. The number of aliphatic hydroxyl groups excluding tert-OH is 1. The van der Waals surface area contributed by atoms with Crippen LogP contribution in [0.1, 0.15) is 50.0 Å². The highest BCUT2D eigenvalue weighted by Crippen LogP contribution is 2.44. The van der Waals surface area contributed by atoms with Crippen molar-refractivity contribution in [3.8, 4) is 0 Å². The first-order valence-corrected chi connectivity index (χ1v) is 12.8. The highest BCUT2D eigenvalue weighted by molar-refractivity contribution is 7.17. The van der Waals surface area contributed by atoms with Gasteiger partial charge in [0.15, 0.2) is 16.7 Å². The third-order valence-electron chi connectivity index (χ3n) is 6.31. The molecule has 0 bridgehead atoms. The second-order valence-electron chi connectivity index (χ2n) is 8.71. The molecule has 0 fully saturated rings. The number of hydrogen-bond acceptors (Lipinski definition) is 8. The standard InChI is InChI=1S/C29H24N2O6S/c1-4-14-36-28(35)26-16(3)30-29(38-26)31-23(18-12-10-17(5-2)11-13-18)22(25(33)27(31)34)24(32)21-15-19-8-6-7-9-20(19)37-21/h4,6-13,15,23,33H,1,5,14H2,2-3H3. The lowest BCUT2D eigenvalue weighted by atomic mass is 9.94. The molecule has 1 aliphatic rings. The van der Waals surface area contributed by atoms with Crippen molar-refractivity contribution in [2.24, 2.45) is 0 Å². The number of esters is 1. The molecule has 4 aromatic rings. The number of nitrogens with zero attached hydrogens (tertiary/aromatic N) is 2. The molecule has 0 saturated heterocycles.